The minimum absolute atomic E-state index is 0.0379. The highest BCUT2D eigenvalue weighted by molar-refractivity contribution is 5.94. The quantitative estimate of drug-likeness (QED) is 0.364. The topological polar surface area (TPSA) is 60.2 Å². The van der Waals surface area contributed by atoms with Crippen LogP contribution in [0.1, 0.15) is 28.4 Å². The van der Waals surface area contributed by atoms with Crippen LogP contribution >= 0.6 is 0 Å². The third-order valence-corrected chi connectivity index (χ3v) is 2.89. The van der Waals surface area contributed by atoms with Crippen LogP contribution in [-0.2, 0) is 0 Å². The van der Waals surface area contributed by atoms with Gasteiger partial charge in [-0.1, -0.05) is 36.4 Å². The largest absolute Gasteiger partial charge is 0.295 e. The molecule has 0 heterocycles. The van der Waals surface area contributed by atoms with Crippen molar-refractivity contribution in [2.75, 3.05) is 0 Å². The maximum Gasteiger partial charge on any atom is 0.269 e. The summed E-state index contributed by atoms with van der Waals surface area (Å²) in [5, 5.41) is 10.5. The van der Waals surface area contributed by atoms with Crippen molar-refractivity contribution in [1.29, 1.82) is 0 Å². The summed E-state index contributed by atoms with van der Waals surface area (Å²) in [6, 6.07) is 13.6. The van der Waals surface area contributed by atoms with Crippen molar-refractivity contribution in [2.24, 2.45) is 0 Å². The van der Waals surface area contributed by atoms with Crippen LogP contribution < -0.4 is 0 Å². The van der Waals surface area contributed by atoms with Crippen molar-refractivity contribution < 1.29 is 9.72 Å². The first-order valence-corrected chi connectivity index (χ1v) is 6.10. The van der Waals surface area contributed by atoms with Crippen LogP contribution in [0.5, 0.6) is 0 Å². The van der Waals surface area contributed by atoms with Gasteiger partial charge >= 0.3 is 0 Å². The van der Waals surface area contributed by atoms with Crippen LogP contribution in [-0.4, -0.2) is 10.7 Å². The highest BCUT2D eigenvalue weighted by Gasteiger charge is 2.02. The van der Waals surface area contributed by atoms with Crippen LogP contribution in [0, 0.1) is 10.1 Å². The second-order valence-corrected chi connectivity index (χ2v) is 4.36. The Kier molecular flexibility index (Phi) is 4.05. The van der Waals surface area contributed by atoms with Crippen LogP contribution in [0.4, 0.5) is 5.69 Å². The molecule has 2 rings (SSSR count). The Morgan fingerprint density at radius 3 is 1.80 bits per heavy atom. The number of carbonyl (C=O) groups is 1. The lowest BCUT2D eigenvalue weighted by Gasteiger charge is -1.97. The van der Waals surface area contributed by atoms with E-state index in [0.29, 0.717) is 5.56 Å². The van der Waals surface area contributed by atoms with Crippen LogP contribution in [0.3, 0.4) is 0 Å². The molecule has 0 bridgehead atoms. The molecular weight excluding hydrogens is 254 g/mol. The third-order valence-electron chi connectivity index (χ3n) is 2.89. The Morgan fingerprint density at radius 2 is 1.40 bits per heavy atom. The predicted octanol–water partition coefficient (Wildman–Crippen LogP) is 3.97. The van der Waals surface area contributed by atoms with Gasteiger partial charge in [0.05, 0.1) is 4.92 Å². The first kappa shape index (κ1) is 13.7. The number of non-ortho nitro benzene ring substituents is 1. The Labute approximate surface area is 116 Å². The summed E-state index contributed by atoms with van der Waals surface area (Å²) in [7, 11) is 0. The summed E-state index contributed by atoms with van der Waals surface area (Å²) in [6.07, 6.45) is 3.76. The molecule has 0 aliphatic rings. The van der Waals surface area contributed by atoms with Gasteiger partial charge in [0.25, 0.3) is 5.69 Å². The van der Waals surface area contributed by atoms with E-state index in [9.17, 15) is 14.9 Å². The summed E-state index contributed by atoms with van der Waals surface area (Å²) in [5.41, 5.74) is 2.60. The van der Waals surface area contributed by atoms with E-state index in [0.717, 1.165) is 11.1 Å². The zero-order valence-corrected chi connectivity index (χ0v) is 10.9. The number of ketones is 1. The average molecular weight is 267 g/mol. The lowest BCUT2D eigenvalue weighted by Crippen LogP contribution is -1.90. The van der Waals surface area contributed by atoms with Gasteiger partial charge in [-0.25, -0.2) is 0 Å². The molecule has 100 valence electrons. The van der Waals surface area contributed by atoms with E-state index in [1.165, 1.54) is 19.1 Å². The molecule has 0 amide bonds. The fourth-order valence-electron chi connectivity index (χ4n) is 1.73. The van der Waals surface area contributed by atoms with Gasteiger partial charge in [-0.3, -0.25) is 14.9 Å². The Hall–Kier alpha value is -2.75. The van der Waals surface area contributed by atoms with Gasteiger partial charge in [-0.05, 0) is 30.2 Å². The molecule has 20 heavy (non-hydrogen) atoms. The molecular formula is C16H13NO3. The highest BCUT2D eigenvalue weighted by Crippen LogP contribution is 2.14. The van der Waals surface area contributed by atoms with Gasteiger partial charge < -0.3 is 0 Å². The molecule has 0 radical (unpaired) electrons. The number of nitro groups is 1. The summed E-state index contributed by atoms with van der Waals surface area (Å²) < 4.78 is 0. The molecule has 0 unspecified atom stereocenters. The lowest BCUT2D eigenvalue weighted by atomic mass is 10.1. The second kappa shape index (κ2) is 5.93. The normalized spacial score (nSPS) is 10.7. The Balaban J connectivity index is 2.12. The summed E-state index contributed by atoms with van der Waals surface area (Å²) in [6.45, 7) is 1.53. The molecule has 4 heteroatoms. The van der Waals surface area contributed by atoms with Gasteiger partial charge in [-0.15, -0.1) is 0 Å². The van der Waals surface area contributed by atoms with Crippen molar-refractivity contribution in [3.05, 3.63) is 75.3 Å². The first-order valence-electron chi connectivity index (χ1n) is 6.10. The third kappa shape index (κ3) is 3.38. The van der Waals surface area contributed by atoms with E-state index in [4.69, 9.17) is 0 Å². The summed E-state index contributed by atoms with van der Waals surface area (Å²) in [4.78, 5) is 21.3. The monoisotopic (exact) mass is 267 g/mol. The molecule has 0 atom stereocenters. The lowest BCUT2D eigenvalue weighted by molar-refractivity contribution is -0.384. The average Bonchev–Trinajstić information content (AvgIpc) is 2.46. The van der Waals surface area contributed by atoms with E-state index in [1.54, 1.807) is 24.3 Å². The molecule has 0 spiro atoms. The van der Waals surface area contributed by atoms with Crippen molar-refractivity contribution in [3.8, 4) is 0 Å². The fraction of sp³-hybridized carbons (Fsp3) is 0.0625. The van der Waals surface area contributed by atoms with E-state index in [1.807, 2.05) is 24.3 Å². The van der Waals surface area contributed by atoms with Gasteiger partial charge in [0.1, 0.15) is 0 Å². The van der Waals surface area contributed by atoms with Crippen LogP contribution in [0.25, 0.3) is 12.2 Å². The molecule has 0 saturated carbocycles. The highest BCUT2D eigenvalue weighted by atomic mass is 16.6. The molecule has 0 N–H and O–H groups in total. The Bertz CT molecular complexity index is 596. The van der Waals surface area contributed by atoms with E-state index in [-0.39, 0.29) is 11.5 Å². The molecule has 0 fully saturated rings. The first-order chi connectivity index (χ1) is 9.56. The number of nitrogens with zero attached hydrogens (tertiary/aromatic N) is 1. The molecule has 2 aromatic carbocycles. The number of benzene rings is 2. The predicted molar refractivity (Wildman–Crippen MR) is 78.5 cm³/mol. The number of hydrogen-bond acceptors (Lipinski definition) is 3. The Morgan fingerprint density at radius 1 is 0.950 bits per heavy atom. The molecule has 2 aromatic rings. The second-order valence-electron chi connectivity index (χ2n) is 4.36. The maximum atomic E-state index is 11.1. The minimum Gasteiger partial charge on any atom is -0.295 e. The number of nitro benzene ring substituents is 1. The van der Waals surface area contributed by atoms with Crippen LogP contribution in [0.2, 0.25) is 0 Å². The van der Waals surface area contributed by atoms with Crippen molar-refractivity contribution >= 4 is 23.6 Å². The number of carbonyl (C=O) groups excluding carboxylic acids is 1. The summed E-state index contributed by atoms with van der Waals surface area (Å²) in [5.74, 6) is 0.0379. The van der Waals surface area contributed by atoms with Crippen molar-refractivity contribution in [3.63, 3.8) is 0 Å². The SMILES string of the molecule is CC(=O)c1ccc(/C=C/c2ccc([N+](=O)[O-])cc2)cc1. The van der Waals surface area contributed by atoms with Gasteiger partial charge in [-0.2, -0.15) is 0 Å². The molecule has 4 nitrogen and oxygen atoms in total. The number of Topliss-reactive ketones (excluding diaryl/α,β-unsaturated/α-hetero) is 1. The van der Waals surface area contributed by atoms with E-state index in [2.05, 4.69) is 0 Å². The van der Waals surface area contributed by atoms with Gasteiger partial charge in [0.2, 0.25) is 0 Å². The molecule has 0 aliphatic carbocycles. The summed E-state index contributed by atoms with van der Waals surface area (Å²) >= 11 is 0. The van der Waals surface area contributed by atoms with Crippen molar-refractivity contribution in [2.45, 2.75) is 6.92 Å². The standard InChI is InChI=1S/C16H13NO3/c1-12(18)15-8-4-13(5-9-15)2-3-14-6-10-16(11-7-14)17(19)20/h2-11H,1H3/b3-2+. The van der Waals surface area contributed by atoms with Gasteiger partial charge in [0, 0.05) is 17.7 Å². The zero-order chi connectivity index (χ0) is 14.5. The maximum absolute atomic E-state index is 11.1. The molecule has 0 saturated heterocycles. The van der Waals surface area contributed by atoms with Crippen molar-refractivity contribution in [1.82, 2.24) is 0 Å². The smallest absolute Gasteiger partial charge is 0.269 e. The van der Waals surface area contributed by atoms with Crippen LogP contribution in [0.15, 0.2) is 48.5 Å². The molecule has 0 aromatic heterocycles. The van der Waals surface area contributed by atoms with E-state index >= 15 is 0 Å². The van der Waals surface area contributed by atoms with Gasteiger partial charge in [0.15, 0.2) is 5.78 Å². The van der Waals surface area contributed by atoms with E-state index < -0.39 is 4.92 Å². The number of hydrogen-bond donors (Lipinski definition) is 0. The molecule has 0 aliphatic heterocycles. The zero-order valence-electron chi connectivity index (χ0n) is 10.9. The fourth-order valence-corrected chi connectivity index (χ4v) is 1.73. The number of rotatable bonds is 4. The minimum atomic E-state index is -0.423.